The third kappa shape index (κ3) is 1.30. The van der Waals surface area contributed by atoms with E-state index in [1.807, 2.05) is 12.1 Å². The Morgan fingerprint density at radius 3 is 2.33 bits per heavy atom. The van der Waals surface area contributed by atoms with Crippen LogP contribution in [-0.2, 0) is 0 Å². The molecule has 0 N–H and O–H groups in total. The highest BCUT2D eigenvalue weighted by molar-refractivity contribution is 6.36. The second kappa shape index (κ2) is 3.25. The van der Waals surface area contributed by atoms with Gasteiger partial charge in [0, 0.05) is 10.4 Å². The maximum atomic E-state index is 6.16. The lowest BCUT2D eigenvalue weighted by Gasteiger charge is -2.04. The van der Waals surface area contributed by atoms with Gasteiger partial charge in [0.1, 0.15) is 0 Å². The summed E-state index contributed by atoms with van der Waals surface area (Å²) in [6, 6.07) is 18.6. The average Bonchev–Trinajstić information content (AvgIpc) is 2.29. The number of fused-ring (bicyclic) bond motifs is 3. The molecule has 15 heavy (non-hydrogen) atoms. The molecule has 0 aromatic heterocycles. The van der Waals surface area contributed by atoms with Gasteiger partial charge in [-0.1, -0.05) is 60.1 Å². The summed E-state index contributed by atoms with van der Waals surface area (Å²) in [5.41, 5.74) is 0. The van der Waals surface area contributed by atoms with Crippen molar-refractivity contribution >= 4 is 33.1 Å². The summed E-state index contributed by atoms with van der Waals surface area (Å²) in [4.78, 5) is 0. The number of benzene rings is 3. The minimum Gasteiger partial charge on any atom is -0.0837 e. The molecular formula is C14H9Cl. The van der Waals surface area contributed by atoms with E-state index in [-0.39, 0.29) is 0 Å². The standard InChI is InChI=1S/C14H9Cl/c15-14-7-3-6-12-11-5-2-1-4-10(11)8-9-13(12)14/h1-9H. The molecule has 0 aliphatic heterocycles. The van der Waals surface area contributed by atoms with Crippen molar-refractivity contribution in [1.82, 2.24) is 0 Å². The molecule has 0 atom stereocenters. The topological polar surface area (TPSA) is 0 Å². The van der Waals surface area contributed by atoms with Gasteiger partial charge < -0.3 is 0 Å². The van der Waals surface area contributed by atoms with Gasteiger partial charge >= 0.3 is 0 Å². The summed E-state index contributed by atoms with van der Waals surface area (Å²) in [5, 5.41) is 5.68. The van der Waals surface area contributed by atoms with E-state index in [1.165, 1.54) is 16.2 Å². The Bertz CT molecular complexity index is 641. The molecule has 3 rings (SSSR count). The minimum atomic E-state index is 0.818. The van der Waals surface area contributed by atoms with Gasteiger partial charge in [-0.25, -0.2) is 0 Å². The van der Waals surface area contributed by atoms with E-state index in [0.717, 1.165) is 10.4 Å². The Kier molecular flexibility index (Phi) is 1.90. The maximum absolute atomic E-state index is 6.16. The van der Waals surface area contributed by atoms with Crippen LogP contribution >= 0.6 is 11.6 Å². The van der Waals surface area contributed by atoms with Crippen LogP contribution in [0.4, 0.5) is 0 Å². The highest BCUT2D eigenvalue weighted by atomic mass is 35.5. The molecule has 72 valence electrons. The molecule has 1 heteroatoms. The van der Waals surface area contributed by atoms with Crippen molar-refractivity contribution in [1.29, 1.82) is 0 Å². The van der Waals surface area contributed by atoms with Crippen molar-refractivity contribution in [2.75, 3.05) is 0 Å². The van der Waals surface area contributed by atoms with Crippen LogP contribution in [0.5, 0.6) is 0 Å². The first-order valence-electron chi connectivity index (χ1n) is 4.92. The molecule has 0 heterocycles. The molecule has 3 aromatic carbocycles. The van der Waals surface area contributed by atoms with Gasteiger partial charge in [-0.2, -0.15) is 0 Å². The monoisotopic (exact) mass is 212 g/mol. The van der Waals surface area contributed by atoms with Crippen LogP contribution in [0.1, 0.15) is 0 Å². The molecule has 0 bridgehead atoms. The molecule has 0 aliphatic carbocycles. The molecule has 0 aliphatic rings. The van der Waals surface area contributed by atoms with E-state index in [2.05, 4.69) is 42.5 Å². The highest BCUT2D eigenvalue weighted by Crippen LogP contribution is 2.29. The second-order valence-corrected chi connectivity index (χ2v) is 4.03. The first-order valence-corrected chi connectivity index (χ1v) is 5.30. The van der Waals surface area contributed by atoms with Gasteiger partial charge in [0.05, 0.1) is 0 Å². The zero-order valence-electron chi connectivity index (χ0n) is 8.07. The molecule has 3 aromatic rings. The number of halogens is 1. The molecule has 0 unspecified atom stereocenters. The lowest BCUT2D eigenvalue weighted by Crippen LogP contribution is -1.77. The van der Waals surface area contributed by atoms with Crippen LogP contribution in [0.25, 0.3) is 21.5 Å². The average molecular weight is 213 g/mol. The van der Waals surface area contributed by atoms with E-state index in [0.29, 0.717) is 0 Å². The number of rotatable bonds is 0. The predicted molar refractivity (Wildman–Crippen MR) is 66.5 cm³/mol. The van der Waals surface area contributed by atoms with Gasteiger partial charge in [-0.05, 0) is 22.2 Å². The Hall–Kier alpha value is -1.53. The third-order valence-electron chi connectivity index (χ3n) is 2.73. The van der Waals surface area contributed by atoms with Gasteiger partial charge in [0.2, 0.25) is 0 Å². The van der Waals surface area contributed by atoms with Crippen LogP contribution in [-0.4, -0.2) is 0 Å². The number of hydrogen-bond acceptors (Lipinski definition) is 0. The molecule has 0 nitrogen and oxygen atoms in total. The zero-order valence-corrected chi connectivity index (χ0v) is 8.83. The van der Waals surface area contributed by atoms with E-state index < -0.39 is 0 Å². The maximum Gasteiger partial charge on any atom is 0.0484 e. The van der Waals surface area contributed by atoms with Gasteiger partial charge in [-0.15, -0.1) is 0 Å². The Morgan fingerprint density at radius 1 is 0.600 bits per heavy atom. The lowest BCUT2D eigenvalue weighted by molar-refractivity contribution is 1.76. The van der Waals surface area contributed by atoms with Gasteiger partial charge in [-0.3, -0.25) is 0 Å². The summed E-state index contributed by atoms with van der Waals surface area (Å²) >= 11 is 6.16. The minimum absolute atomic E-state index is 0.818. The SMILES string of the molecule is Clc1cccc2c1ccc1ccccc12. The fourth-order valence-electron chi connectivity index (χ4n) is 2.00. The van der Waals surface area contributed by atoms with E-state index >= 15 is 0 Å². The van der Waals surface area contributed by atoms with Crippen LogP contribution in [0.2, 0.25) is 5.02 Å². The predicted octanol–water partition coefficient (Wildman–Crippen LogP) is 4.65. The summed E-state index contributed by atoms with van der Waals surface area (Å²) in [6.45, 7) is 0. The first-order chi connectivity index (χ1) is 7.36. The van der Waals surface area contributed by atoms with Crippen molar-refractivity contribution in [3.63, 3.8) is 0 Å². The lowest BCUT2D eigenvalue weighted by atomic mass is 10.0. The molecule has 0 fully saturated rings. The summed E-state index contributed by atoms with van der Waals surface area (Å²) in [5.74, 6) is 0. The Balaban J connectivity index is 2.60. The second-order valence-electron chi connectivity index (χ2n) is 3.62. The smallest absolute Gasteiger partial charge is 0.0484 e. The molecule has 0 amide bonds. The Morgan fingerprint density at radius 2 is 1.40 bits per heavy atom. The van der Waals surface area contributed by atoms with Crippen LogP contribution in [0.15, 0.2) is 54.6 Å². The molecular weight excluding hydrogens is 204 g/mol. The van der Waals surface area contributed by atoms with Crippen molar-refractivity contribution in [3.05, 3.63) is 59.6 Å². The Labute approximate surface area is 93.1 Å². The van der Waals surface area contributed by atoms with Crippen molar-refractivity contribution in [3.8, 4) is 0 Å². The van der Waals surface area contributed by atoms with E-state index in [9.17, 15) is 0 Å². The zero-order chi connectivity index (χ0) is 10.3. The quantitative estimate of drug-likeness (QED) is 0.476. The van der Waals surface area contributed by atoms with Crippen molar-refractivity contribution in [2.45, 2.75) is 0 Å². The molecule has 0 saturated heterocycles. The van der Waals surface area contributed by atoms with Gasteiger partial charge in [0.15, 0.2) is 0 Å². The fourth-order valence-corrected chi connectivity index (χ4v) is 2.24. The van der Waals surface area contributed by atoms with Crippen molar-refractivity contribution < 1.29 is 0 Å². The van der Waals surface area contributed by atoms with E-state index in [1.54, 1.807) is 0 Å². The number of hydrogen-bond donors (Lipinski definition) is 0. The van der Waals surface area contributed by atoms with Crippen LogP contribution in [0.3, 0.4) is 0 Å². The largest absolute Gasteiger partial charge is 0.0837 e. The third-order valence-corrected chi connectivity index (χ3v) is 3.06. The summed E-state index contributed by atoms with van der Waals surface area (Å²) < 4.78 is 0. The highest BCUT2D eigenvalue weighted by Gasteiger charge is 2.01. The van der Waals surface area contributed by atoms with Crippen LogP contribution < -0.4 is 0 Å². The summed E-state index contributed by atoms with van der Waals surface area (Å²) in [6.07, 6.45) is 0. The van der Waals surface area contributed by atoms with Gasteiger partial charge in [0.25, 0.3) is 0 Å². The molecule has 0 saturated carbocycles. The van der Waals surface area contributed by atoms with Crippen molar-refractivity contribution in [2.24, 2.45) is 0 Å². The molecule has 0 spiro atoms. The first kappa shape index (κ1) is 8.75. The molecule has 0 radical (unpaired) electrons. The van der Waals surface area contributed by atoms with Crippen LogP contribution in [0, 0.1) is 0 Å². The van der Waals surface area contributed by atoms with E-state index in [4.69, 9.17) is 11.6 Å². The fraction of sp³-hybridized carbons (Fsp3) is 0. The summed E-state index contributed by atoms with van der Waals surface area (Å²) in [7, 11) is 0. The normalized spacial score (nSPS) is 11.0.